The van der Waals surface area contributed by atoms with Crippen molar-refractivity contribution in [1.29, 1.82) is 0 Å². The van der Waals surface area contributed by atoms with E-state index in [0.717, 1.165) is 11.0 Å². The van der Waals surface area contributed by atoms with Crippen LogP contribution in [0.25, 0.3) is 0 Å². The number of benzene rings is 1. The van der Waals surface area contributed by atoms with Gasteiger partial charge < -0.3 is 9.64 Å². The number of halogens is 1. The first-order valence-corrected chi connectivity index (χ1v) is 5.60. The highest BCUT2D eigenvalue weighted by Gasteiger charge is 2.07. The zero-order chi connectivity index (χ0) is 11.3. The highest BCUT2D eigenvalue weighted by atomic mass is 79.9. The average Bonchev–Trinajstić information content (AvgIpc) is 2.17. The molecule has 0 amide bonds. The van der Waals surface area contributed by atoms with Crippen LogP contribution in [-0.4, -0.2) is 33.2 Å². The van der Waals surface area contributed by atoms with E-state index in [-0.39, 0.29) is 5.97 Å². The van der Waals surface area contributed by atoms with Gasteiger partial charge in [0, 0.05) is 4.47 Å². The summed E-state index contributed by atoms with van der Waals surface area (Å²) in [5, 5.41) is 0. The van der Waals surface area contributed by atoms with E-state index in [1.54, 1.807) is 12.1 Å². The normalized spacial score (nSPS) is 10.4. The lowest BCUT2D eigenvalue weighted by Crippen LogP contribution is -3.06. The first-order valence-electron chi connectivity index (χ1n) is 4.81. The molecule has 1 aromatic carbocycles. The molecular formula is C11H15BrNO2+. The number of nitrogens with one attached hydrogen (secondary N) is 1. The minimum atomic E-state index is -0.266. The summed E-state index contributed by atoms with van der Waals surface area (Å²) in [6.07, 6.45) is 0. The first kappa shape index (κ1) is 12.2. The third-order valence-corrected chi connectivity index (χ3v) is 2.39. The van der Waals surface area contributed by atoms with E-state index in [1.807, 2.05) is 26.2 Å². The van der Waals surface area contributed by atoms with E-state index in [0.29, 0.717) is 12.2 Å². The van der Waals surface area contributed by atoms with Crippen LogP contribution in [0.2, 0.25) is 0 Å². The molecular weight excluding hydrogens is 258 g/mol. The van der Waals surface area contributed by atoms with E-state index in [1.165, 1.54) is 4.90 Å². The van der Waals surface area contributed by atoms with Crippen LogP contribution in [0.4, 0.5) is 0 Å². The summed E-state index contributed by atoms with van der Waals surface area (Å²) in [4.78, 5) is 12.8. The maximum atomic E-state index is 11.5. The number of esters is 1. The van der Waals surface area contributed by atoms with E-state index >= 15 is 0 Å². The molecule has 0 bridgehead atoms. The number of ether oxygens (including phenoxy) is 1. The fourth-order valence-electron chi connectivity index (χ4n) is 1.05. The predicted molar refractivity (Wildman–Crippen MR) is 62.1 cm³/mol. The first-order chi connectivity index (χ1) is 7.09. The Balaban J connectivity index is 2.47. The Morgan fingerprint density at radius 1 is 1.47 bits per heavy atom. The van der Waals surface area contributed by atoms with Crippen molar-refractivity contribution in [2.24, 2.45) is 0 Å². The van der Waals surface area contributed by atoms with Gasteiger partial charge in [0.1, 0.15) is 13.2 Å². The van der Waals surface area contributed by atoms with Gasteiger partial charge in [0.05, 0.1) is 19.7 Å². The Labute approximate surface area is 98.2 Å². The number of hydrogen-bond donors (Lipinski definition) is 1. The topological polar surface area (TPSA) is 30.7 Å². The molecule has 82 valence electrons. The van der Waals surface area contributed by atoms with Crippen molar-refractivity contribution in [2.75, 3.05) is 27.2 Å². The number of carbonyl (C=O) groups is 1. The van der Waals surface area contributed by atoms with Gasteiger partial charge in [-0.05, 0) is 18.2 Å². The minimum Gasteiger partial charge on any atom is -0.456 e. The molecule has 1 aromatic rings. The Bertz CT molecular complexity index is 339. The van der Waals surface area contributed by atoms with Crippen LogP contribution in [0.3, 0.4) is 0 Å². The van der Waals surface area contributed by atoms with Crippen molar-refractivity contribution in [1.82, 2.24) is 0 Å². The number of quaternary nitrogens is 1. The molecule has 0 radical (unpaired) electrons. The van der Waals surface area contributed by atoms with Crippen LogP contribution in [0.15, 0.2) is 28.7 Å². The molecule has 0 aliphatic carbocycles. The molecule has 0 aliphatic rings. The number of rotatable bonds is 4. The lowest BCUT2D eigenvalue weighted by atomic mass is 10.2. The van der Waals surface area contributed by atoms with Gasteiger partial charge in [0.15, 0.2) is 0 Å². The molecule has 0 atom stereocenters. The van der Waals surface area contributed by atoms with Crippen molar-refractivity contribution in [3.8, 4) is 0 Å². The zero-order valence-electron chi connectivity index (χ0n) is 8.92. The molecule has 0 unspecified atom stereocenters. The van der Waals surface area contributed by atoms with Gasteiger partial charge in [0.25, 0.3) is 0 Å². The van der Waals surface area contributed by atoms with Gasteiger partial charge in [-0.1, -0.05) is 22.0 Å². The quantitative estimate of drug-likeness (QED) is 0.821. The van der Waals surface area contributed by atoms with Crippen molar-refractivity contribution >= 4 is 21.9 Å². The van der Waals surface area contributed by atoms with Crippen molar-refractivity contribution in [3.05, 3.63) is 34.3 Å². The van der Waals surface area contributed by atoms with E-state index in [9.17, 15) is 4.79 Å². The minimum absolute atomic E-state index is 0.266. The molecule has 3 nitrogen and oxygen atoms in total. The predicted octanol–water partition coefficient (Wildman–Crippen LogP) is 0.750. The van der Waals surface area contributed by atoms with Crippen molar-refractivity contribution < 1.29 is 14.4 Å². The lowest BCUT2D eigenvalue weighted by molar-refractivity contribution is -0.858. The molecule has 0 fully saturated rings. The number of carbonyl (C=O) groups excluding carboxylic acids is 1. The maximum absolute atomic E-state index is 11.5. The molecule has 15 heavy (non-hydrogen) atoms. The van der Waals surface area contributed by atoms with E-state index in [2.05, 4.69) is 15.9 Å². The van der Waals surface area contributed by atoms with Crippen LogP contribution in [-0.2, 0) is 4.74 Å². The fraction of sp³-hybridized carbons (Fsp3) is 0.364. The summed E-state index contributed by atoms with van der Waals surface area (Å²) >= 11 is 3.31. The second-order valence-corrected chi connectivity index (χ2v) is 4.52. The largest absolute Gasteiger partial charge is 0.456 e. The summed E-state index contributed by atoms with van der Waals surface area (Å²) in [5.74, 6) is -0.266. The summed E-state index contributed by atoms with van der Waals surface area (Å²) in [6, 6.07) is 7.19. The summed E-state index contributed by atoms with van der Waals surface area (Å²) in [6.45, 7) is 1.27. The molecule has 0 aliphatic heterocycles. The van der Waals surface area contributed by atoms with Gasteiger partial charge in [-0.25, -0.2) is 4.79 Å². The monoisotopic (exact) mass is 272 g/mol. The Hall–Kier alpha value is -0.870. The van der Waals surface area contributed by atoms with Crippen molar-refractivity contribution in [3.63, 3.8) is 0 Å². The molecule has 0 heterocycles. The van der Waals surface area contributed by atoms with Crippen LogP contribution in [0.1, 0.15) is 10.4 Å². The second kappa shape index (κ2) is 5.88. The Morgan fingerprint density at radius 2 is 2.20 bits per heavy atom. The number of likely N-dealkylation sites (N-methyl/N-ethyl adjacent to an activating group) is 1. The second-order valence-electron chi connectivity index (χ2n) is 3.60. The average molecular weight is 273 g/mol. The van der Waals surface area contributed by atoms with E-state index < -0.39 is 0 Å². The van der Waals surface area contributed by atoms with Gasteiger partial charge >= 0.3 is 5.97 Å². The van der Waals surface area contributed by atoms with Crippen LogP contribution >= 0.6 is 15.9 Å². The highest BCUT2D eigenvalue weighted by molar-refractivity contribution is 9.10. The fourth-order valence-corrected chi connectivity index (χ4v) is 1.45. The van der Waals surface area contributed by atoms with Crippen LogP contribution in [0.5, 0.6) is 0 Å². The van der Waals surface area contributed by atoms with E-state index in [4.69, 9.17) is 4.74 Å². The standard InChI is InChI=1S/C11H14BrNO2/c1-13(2)6-7-15-11(14)9-4-3-5-10(12)8-9/h3-5,8H,6-7H2,1-2H3/p+1. The highest BCUT2D eigenvalue weighted by Crippen LogP contribution is 2.12. The Morgan fingerprint density at radius 3 is 2.80 bits per heavy atom. The summed E-state index contributed by atoms with van der Waals surface area (Å²) in [7, 11) is 4.04. The molecule has 4 heteroatoms. The molecule has 1 rings (SSSR count). The summed E-state index contributed by atoms with van der Waals surface area (Å²) < 4.78 is 6.00. The SMILES string of the molecule is C[NH+](C)CCOC(=O)c1cccc(Br)c1. The Kier molecular flexibility index (Phi) is 4.78. The van der Waals surface area contributed by atoms with Gasteiger partial charge in [-0.2, -0.15) is 0 Å². The van der Waals surface area contributed by atoms with Crippen LogP contribution < -0.4 is 4.90 Å². The molecule has 1 N–H and O–H groups in total. The summed E-state index contributed by atoms with van der Waals surface area (Å²) in [5.41, 5.74) is 0.582. The van der Waals surface area contributed by atoms with Gasteiger partial charge in [-0.3, -0.25) is 0 Å². The molecule has 0 aromatic heterocycles. The van der Waals surface area contributed by atoms with Gasteiger partial charge in [-0.15, -0.1) is 0 Å². The molecule has 0 spiro atoms. The van der Waals surface area contributed by atoms with Gasteiger partial charge in [0.2, 0.25) is 0 Å². The molecule has 0 saturated carbocycles. The third kappa shape index (κ3) is 4.44. The molecule has 0 saturated heterocycles. The lowest BCUT2D eigenvalue weighted by Gasteiger charge is -2.08. The van der Waals surface area contributed by atoms with Crippen molar-refractivity contribution in [2.45, 2.75) is 0 Å². The van der Waals surface area contributed by atoms with Crippen LogP contribution in [0, 0.1) is 0 Å². The number of hydrogen-bond acceptors (Lipinski definition) is 2. The zero-order valence-corrected chi connectivity index (χ0v) is 10.5. The smallest absolute Gasteiger partial charge is 0.338 e. The third-order valence-electron chi connectivity index (χ3n) is 1.90. The maximum Gasteiger partial charge on any atom is 0.338 e.